The van der Waals surface area contributed by atoms with Crippen LogP contribution >= 0.6 is 0 Å². The van der Waals surface area contributed by atoms with E-state index in [0.717, 1.165) is 17.3 Å². The van der Waals surface area contributed by atoms with Gasteiger partial charge in [0.15, 0.2) is 0 Å². The average molecular weight is 517 g/mol. The fraction of sp³-hybridized carbons (Fsp3) is 0.458. The lowest BCUT2D eigenvalue weighted by Gasteiger charge is -2.24. The molecule has 0 bridgehead atoms. The summed E-state index contributed by atoms with van der Waals surface area (Å²) in [5.74, 6) is -4.14. The number of nitrogens with one attached hydrogen (secondary N) is 5. The van der Waals surface area contributed by atoms with Gasteiger partial charge in [0.25, 0.3) is 0 Å². The standard InChI is InChI=1S/C24H32N6O7/c25-20(32)8-7-17(28-21(33)16-6-3-9-26-16)22(34)30-19(12-31)23(35)29-18(24(36)37)10-13-11-27-15-5-2-1-4-14(13)15/h1-2,4-5,11,16-19,26-27,31H,3,6-10,12H2,(H2,25,32)(H,28,33)(H,29,35)(H,30,34)(H,36,37). The highest BCUT2D eigenvalue weighted by atomic mass is 16.4. The fourth-order valence-electron chi connectivity index (χ4n) is 4.20. The molecule has 0 aliphatic carbocycles. The summed E-state index contributed by atoms with van der Waals surface area (Å²) in [6, 6.07) is 2.79. The van der Waals surface area contributed by atoms with Gasteiger partial charge in [0, 0.05) is 29.9 Å². The number of aliphatic hydroxyl groups excluding tert-OH is 1. The molecule has 1 fully saturated rings. The summed E-state index contributed by atoms with van der Waals surface area (Å²) in [5, 5.41) is 30.5. The van der Waals surface area contributed by atoms with E-state index in [1.165, 1.54) is 0 Å². The smallest absolute Gasteiger partial charge is 0.326 e. The molecule has 0 spiro atoms. The molecule has 2 heterocycles. The van der Waals surface area contributed by atoms with Crippen molar-refractivity contribution >= 4 is 40.5 Å². The van der Waals surface area contributed by atoms with Gasteiger partial charge in [-0.3, -0.25) is 19.2 Å². The Morgan fingerprint density at radius 2 is 1.73 bits per heavy atom. The number of aliphatic carboxylic acids is 1. The van der Waals surface area contributed by atoms with Crippen LogP contribution in [0.25, 0.3) is 10.9 Å². The number of carbonyl (C=O) groups is 5. The number of aromatic amines is 1. The first-order valence-electron chi connectivity index (χ1n) is 12.0. The Kier molecular flexibility index (Phi) is 9.57. The molecule has 4 amide bonds. The van der Waals surface area contributed by atoms with Gasteiger partial charge >= 0.3 is 5.97 Å². The number of carboxylic acid groups (broad SMARTS) is 1. The molecule has 13 heteroatoms. The number of amides is 4. The van der Waals surface area contributed by atoms with Crippen LogP contribution in [0.5, 0.6) is 0 Å². The van der Waals surface area contributed by atoms with E-state index < -0.39 is 60.4 Å². The molecule has 1 aromatic heterocycles. The minimum atomic E-state index is -1.49. The second-order valence-corrected chi connectivity index (χ2v) is 8.92. The molecule has 9 N–H and O–H groups in total. The van der Waals surface area contributed by atoms with Crippen LogP contribution in [0.2, 0.25) is 0 Å². The number of hydrogen-bond donors (Lipinski definition) is 8. The van der Waals surface area contributed by atoms with Crippen LogP contribution in [0.1, 0.15) is 31.2 Å². The van der Waals surface area contributed by atoms with Crippen LogP contribution < -0.4 is 27.0 Å². The van der Waals surface area contributed by atoms with E-state index in [4.69, 9.17) is 5.73 Å². The van der Waals surface area contributed by atoms with Crippen LogP contribution in [-0.4, -0.2) is 82.1 Å². The van der Waals surface area contributed by atoms with Gasteiger partial charge in [-0.05, 0) is 37.4 Å². The van der Waals surface area contributed by atoms with Crippen molar-refractivity contribution in [3.8, 4) is 0 Å². The Labute approximate surface area is 212 Å². The Morgan fingerprint density at radius 1 is 1.03 bits per heavy atom. The molecule has 1 aliphatic rings. The molecule has 1 aliphatic heterocycles. The number of H-pyrrole nitrogens is 1. The van der Waals surface area contributed by atoms with Crippen molar-refractivity contribution in [1.29, 1.82) is 0 Å². The largest absolute Gasteiger partial charge is 0.480 e. The lowest BCUT2D eigenvalue weighted by Crippen LogP contribution is -2.58. The molecule has 200 valence electrons. The number of benzene rings is 1. The second kappa shape index (κ2) is 12.8. The Morgan fingerprint density at radius 3 is 2.38 bits per heavy atom. The van der Waals surface area contributed by atoms with E-state index in [9.17, 15) is 34.2 Å². The molecular weight excluding hydrogens is 484 g/mol. The van der Waals surface area contributed by atoms with E-state index >= 15 is 0 Å². The number of carbonyl (C=O) groups excluding carboxylic acids is 4. The highest BCUT2D eigenvalue weighted by Gasteiger charge is 2.31. The number of fused-ring (bicyclic) bond motifs is 1. The van der Waals surface area contributed by atoms with Crippen molar-refractivity contribution in [2.75, 3.05) is 13.2 Å². The second-order valence-electron chi connectivity index (χ2n) is 8.92. The van der Waals surface area contributed by atoms with E-state index in [2.05, 4.69) is 26.3 Å². The fourth-order valence-corrected chi connectivity index (χ4v) is 4.20. The third-order valence-corrected chi connectivity index (χ3v) is 6.22. The van der Waals surface area contributed by atoms with Crippen molar-refractivity contribution in [2.45, 2.75) is 56.3 Å². The number of rotatable bonds is 13. The maximum absolute atomic E-state index is 12.9. The molecule has 4 unspecified atom stereocenters. The SMILES string of the molecule is NC(=O)CCC(NC(=O)C1CCCN1)C(=O)NC(CO)C(=O)NC(Cc1c[nH]c2ccccc12)C(=O)O. The van der Waals surface area contributed by atoms with Crippen LogP contribution in [0.4, 0.5) is 0 Å². The molecule has 2 aromatic rings. The number of nitrogens with two attached hydrogens (primary N) is 1. The molecule has 13 nitrogen and oxygen atoms in total. The maximum Gasteiger partial charge on any atom is 0.326 e. The first kappa shape index (κ1) is 27.6. The highest BCUT2D eigenvalue weighted by molar-refractivity contribution is 5.94. The minimum absolute atomic E-state index is 0.0388. The molecule has 37 heavy (non-hydrogen) atoms. The Bertz CT molecular complexity index is 1140. The summed E-state index contributed by atoms with van der Waals surface area (Å²) >= 11 is 0. The van der Waals surface area contributed by atoms with Gasteiger partial charge in [-0.25, -0.2) is 4.79 Å². The normalized spacial score (nSPS) is 17.5. The van der Waals surface area contributed by atoms with E-state index in [1.54, 1.807) is 6.20 Å². The first-order chi connectivity index (χ1) is 17.7. The van der Waals surface area contributed by atoms with Gasteiger partial charge in [-0.2, -0.15) is 0 Å². The van der Waals surface area contributed by atoms with E-state index in [1.807, 2.05) is 24.3 Å². The summed E-state index contributed by atoms with van der Waals surface area (Å²) < 4.78 is 0. The minimum Gasteiger partial charge on any atom is -0.480 e. The van der Waals surface area contributed by atoms with Crippen molar-refractivity contribution in [3.63, 3.8) is 0 Å². The highest BCUT2D eigenvalue weighted by Crippen LogP contribution is 2.19. The number of hydrogen-bond acceptors (Lipinski definition) is 7. The van der Waals surface area contributed by atoms with Gasteiger partial charge in [0.2, 0.25) is 23.6 Å². The number of primary amides is 1. The molecule has 0 radical (unpaired) electrons. The summed E-state index contributed by atoms with van der Waals surface area (Å²) in [7, 11) is 0. The predicted octanol–water partition coefficient (Wildman–Crippen LogP) is -1.74. The molecule has 1 aromatic carbocycles. The van der Waals surface area contributed by atoms with Gasteiger partial charge in [0.1, 0.15) is 18.1 Å². The third-order valence-electron chi connectivity index (χ3n) is 6.22. The van der Waals surface area contributed by atoms with Crippen LogP contribution in [0, 0.1) is 0 Å². The zero-order chi connectivity index (χ0) is 26.9. The molecule has 1 saturated heterocycles. The number of para-hydroxylation sites is 1. The Hall–Kier alpha value is -3.97. The summed E-state index contributed by atoms with van der Waals surface area (Å²) in [4.78, 5) is 64.4. The molecule has 0 saturated carbocycles. The van der Waals surface area contributed by atoms with Crippen molar-refractivity contribution in [3.05, 3.63) is 36.0 Å². The summed E-state index contributed by atoms with van der Waals surface area (Å²) in [6.45, 7) is -0.163. The zero-order valence-electron chi connectivity index (χ0n) is 20.2. The lowest BCUT2D eigenvalue weighted by molar-refractivity contribution is -0.142. The zero-order valence-corrected chi connectivity index (χ0v) is 20.2. The quantitative estimate of drug-likeness (QED) is 0.152. The molecule has 4 atom stereocenters. The summed E-state index contributed by atoms with van der Waals surface area (Å²) in [6.07, 6.45) is 2.69. The maximum atomic E-state index is 12.9. The van der Waals surface area contributed by atoms with Gasteiger partial charge in [-0.15, -0.1) is 0 Å². The van der Waals surface area contributed by atoms with Crippen molar-refractivity contribution < 1.29 is 34.2 Å². The van der Waals surface area contributed by atoms with E-state index in [0.29, 0.717) is 18.5 Å². The Balaban J connectivity index is 1.65. The van der Waals surface area contributed by atoms with Crippen molar-refractivity contribution in [1.82, 2.24) is 26.3 Å². The molecule has 3 rings (SSSR count). The van der Waals surface area contributed by atoms with Gasteiger partial charge in [0.05, 0.1) is 12.6 Å². The third kappa shape index (κ3) is 7.51. The van der Waals surface area contributed by atoms with E-state index in [-0.39, 0.29) is 19.3 Å². The number of carboxylic acids is 1. The topological polar surface area (TPSA) is 216 Å². The average Bonchev–Trinajstić information content (AvgIpc) is 3.55. The monoisotopic (exact) mass is 516 g/mol. The van der Waals surface area contributed by atoms with Crippen molar-refractivity contribution in [2.24, 2.45) is 5.73 Å². The van der Waals surface area contributed by atoms with Gasteiger partial charge in [-0.1, -0.05) is 18.2 Å². The van der Waals surface area contributed by atoms with Crippen LogP contribution in [0.3, 0.4) is 0 Å². The van der Waals surface area contributed by atoms with Gasteiger partial charge < -0.3 is 42.2 Å². The predicted molar refractivity (Wildman–Crippen MR) is 132 cm³/mol. The van der Waals surface area contributed by atoms with Crippen LogP contribution in [0.15, 0.2) is 30.5 Å². The number of aliphatic hydroxyl groups is 1. The first-order valence-corrected chi connectivity index (χ1v) is 12.0. The van der Waals surface area contributed by atoms with Crippen LogP contribution in [-0.2, 0) is 30.4 Å². The number of aromatic nitrogens is 1. The summed E-state index contributed by atoms with van der Waals surface area (Å²) in [5.41, 5.74) is 6.66. The lowest BCUT2D eigenvalue weighted by atomic mass is 10.0. The molecular formula is C24H32N6O7.